The molecule has 0 saturated carbocycles. The van der Waals surface area contributed by atoms with Crippen LogP contribution in [-0.2, 0) is 28.9 Å². The molecule has 5 rings (SSSR count). The first-order valence-corrected chi connectivity index (χ1v) is 13.8. The zero-order valence-corrected chi connectivity index (χ0v) is 23.0. The van der Waals surface area contributed by atoms with Gasteiger partial charge in [0.1, 0.15) is 10.6 Å². The number of amides is 2. The number of rotatable bonds is 4. The van der Waals surface area contributed by atoms with Gasteiger partial charge in [-0.25, -0.2) is 4.79 Å². The molecule has 0 fully saturated rings. The Kier molecular flexibility index (Phi) is 7.30. The second-order valence-electron chi connectivity index (χ2n) is 10.5. The SMILES string of the molecule is CC(C)(C)OC(=O)N1CCc2c(sc3c2C(c2ccccc2Cl)NCC(=O)N3CCc2ccccc2)C1. The van der Waals surface area contributed by atoms with Crippen LogP contribution in [0, 0.1) is 0 Å². The largest absolute Gasteiger partial charge is 0.444 e. The zero-order valence-electron chi connectivity index (χ0n) is 21.4. The molecule has 1 unspecified atom stereocenters. The molecule has 194 valence electrons. The van der Waals surface area contributed by atoms with E-state index in [-0.39, 0.29) is 24.6 Å². The molecule has 3 aromatic rings. The molecule has 0 radical (unpaired) electrons. The number of ether oxygens (including phenoxy) is 1. The van der Waals surface area contributed by atoms with Crippen LogP contribution < -0.4 is 10.2 Å². The van der Waals surface area contributed by atoms with Gasteiger partial charge in [0, 0.05) is 28.6 Å². The van der Waals surface area contributed by atoms with Crippen LogP contribution in [0.2, 0.25) is 5.02 Å². The van der Waals surface area contributed by atoms with E-state index in [1.807, 2.05) is 68.1 Å². The van der Waals surface area contributed by atoms with Crippen LogP contribution in [0.1, 0.15) is 53.9 Å². The fraction of sp³-hybridized carbons (Fsp3) is 0.379. The van der Waals surface area contributed by atoms with Crippen molar-refractivity contribution in [2.75, 3.05) is 24.5 Å². The maximum absolute atomic E-state index is 13.5. The number of halogens is 1. The summed E-state index contributed by atoms with van der Waals surface area (Å²) >= 11 is 8.28. The predicted octanol–water partition coefficient (Wildman–Crippen LogP) is 5.96. The second kappa shape index (κ2) is 10.5. The standard InChI is InChI=1S/C29H32ClN3O3S/c1-29(2,3)36-28(35)32-15-14-21-23(18-32)37-27-25(21)26(20-11-7-8-12-22(20)30)31-17-24(34)33(27)16-13-19-9-5-4-6-10-19/h4-12,26,31H,13-18H2,1-3H3. The molecular weight excluding hydrogens is 506 g/mol. The van der Waals surface area contributed by atoms with Crippen LogP contribution in [0.5, 0.6) is 0 Å². The lowest BCUT2D eigenvalue weighted by molar-refractivity contribution is -0.117. The van der Waals surface area contributed by atoms with Crippen molar-refractivity contribution in [1.82, 2.24) is 10.2 Å². The summed E-state index contributed by atoms with van der Waals surface area (Å²) in [5, 5.41) is 5.12. The number of carbonyl (C=O) groups is 2. The van der Waals surface area contributed by atoms with Crippen molar-refractivity contribution in [3.8, 4) is 0 Å². The average Bonchev–Trinajstić information content (AvgIpc) is 3.17. The van der Waals surface area contributed by atoms with Gasteiger partial charge in [-0.1, -0.05) is 60.1 Å². The Balaban J connectivity index is 1.54. The van der Waals surface area contributed by atoms with E-state index in [0.717, 1.165) is 27.4 Å². The molecule has 1 N–H and O–H groups in total. The van der Waals surface area contributed by atoms with Gasteiger partial charge in [0.05, 0.1) is 19.1 Å². The van der Waals surface area contributed by atoms with E-state index in [9.17, 15) is 9.59 Å². The topological polar surface area (TPSA) is 61.9 Å². The molecule has 0 spiro atoms. The van der Waals surface area contributed by atoms with Crippen molar-refractivity contribution >= 4 is 39.9 Å². The summed E-state index contributed by atoms with van der Waals surface area (Å²) < 4.78 is 5.64. The van der Waals surface area contributed by atoms with E-state index in [2.05, 4.69) is 17.4 Å². The van der Waals surface area contributed by atoms with Crippen LogP contribution in [-0.4, -0.2) is 42.1 Å². The van der Waals surface area contributed by atoms with Gasteiger partial charge >= 0.3 is 6.09 Å². The molecule has 2 aliphatic heterocycles. The van der Waals surface area contributed by atoms with Crippen molar-refractivity contribution in [1.29, 1.82) is 0 Å². The monoisotopic (exact) mass is 537 g/mol. The lowest BCUT2D eigenvalue weighted by Gasteiger charge is -2.31. The fourth-order valence-corrected chi connectivity index (χ4v) is 6.67. The molecule has 1 atom stereocenters. The summed E-state index contributed by atoms with van der Waals surface area (Å²) in [7, 11) is 0. The van der Waals surface area contributed by atoms with Crippen molar-refractivity contribution < 1.29 is 14.3 Å². The number of carbonyl (C=O) groups excluding carboxylic acids is 2. The molecule has 2 aromatic carbocycles. The van der Waals surface area contributed by atoms with E-state index in [1.54, 1.807) is 16.2 Å². The van der Waals surface area contributed by atoms with Gasteiger partial charge in [0.2, 0.25) is 5.91 Å². The van der Waals surface area contributed by atoms with E-state index < -0.39 is 5.60 Å². The third-order valence-corrected chi connectivity index (χ3v) is 8.31. The Bertz CT molecular complexity index is 1300. The van der Waals surface area contributed by atoms with E-state index in [0.29, 0.717) is 31.1 Å². The molecule has 0 bridgehead atoms. The van der Waals surface area contributed by atoms with Crippen LogP contribution in [0.15, 0.2) is 54.6 Å². The smallest absolute Gasteiger partial charge is 0.410 e. The van der Waals surface area contributed by atoms with Crippen LogP contribution in [0.25, 0.3) is 0 Å². The quantitative estimate of drug-likeness (QED) is 0.446. The Morgan fingerprint density at radius 1 is 1.14 bits per heavy atom. The molecule has 2 amide bonds. The highest BCUT2D eigenvalue weighted by atomic mass is 35.5. The zero-order chi connectivity index (χ0) is 26.2. The van der Waals surface area contributed by atoms with Gasteiger partial charge in [0.25, 0.3) is 0 Å². The van der Waals surface area contributed by atoms with E-state index >= 15 is 0 Å². The summed E-state index contributed by atoms with van der Waals surface area (Å²) in [5.74, 6) is 0.0364. The molecule has 1 aromatic heterocycles. The summed E-state index contributed by atoms with van der Waals surface area (Å²) in [5.41, 5.74) is 3.91. The van der Waals surface area contributed by atoms with Gasteiger partial charge in [0.15, 0.2) is 0 Å². The number of nitrogens with one attached hydrogen (secondary N) is 1. The summed E-state index contributed by atoms with van der Waals surface area (Å²) in [6.07, 6.45) is 1.15. The van der Waals surface area contributed by atoms with Gasteiger partial charge in [-0.3, -0.25) is 10.1 Å². The van der Waals surface area contributed by atoms with Crippen molar-refractivity contribution in [2.45, 2.75) is 51.8 Å². The highest BCUT2D eigenvalue weighted by Gasteiger charge is 2.37. The maximum Gasteiger partial charge on any atom is 0.410 e. The van der Waals surface area contributed by atoms with Gasteiger partial charge in [-0.05, 0) is 56.4 Å². The molecule has 8 heteroatoms. The van der Waals surface area contributed by atoms with Crippen LogP contribution in [0.4, 0.5) is 9.80 Å². The Labute approximate surface area is 227 Å². The Morgan fingerprint density at radius 3 is 2.59 bits per heavy atom. The van der Waals surface area contributed by atoms with Crippen LogP contribution >= 0.6 is 22.9 Å². The summed E-state index contributed by atoms with van der Waals surface area (Å²) in [6.45, 7) is 7.49. The number of anilines is 1. The lowest BCUT2D eigenvalue weighted by atomic mass is 9.93. The number of hydrogen-bond acceptors (Lipinski definition) is 5. The number of hydrogen-bond donors (Lipinski definition) is 1. The summed E-state index contributed by atoms with van der Waals surface area (Å²) in [6, 6.07) is 17.8. The first-order chi connectivity index (χ1) is 17.7. The van der Waals surface area contributed by atoms with Crippen molar-refractivity contribution in [2.24, 2.45) is 0 Å². The Hall–Kier alpha value is -2.87. The average molecular weight is 538 g/mol. The highest BCUT2D eigenvalue weighted by Crippen LogP contribution is 2.46. The first-order valence-electron chi connectivity index (χ1n) is 12.7. The van der Waals surface area contributed by atoms with Crippen LogP contribution in [0.3, 0.4) is 0 Å². The normalized spacial score (nSPS) is 17.7. The molecule has 6 nitrogen and oxygen atoms in total. The minimum absolute atomic E-state index is 0.0364. The third kappa shape index (κ3) is 5.54. The number of thiophene rings is 1. The number of fused-ring (bicyclic) bond motifs is 3. The highest BCUT2D eigenvalue weighted by molar-refractivity contribution is 7.16. The van der Waals surface area contributed by atoms with Crippen molar-refractivity contribution in [3.05, 3.63) is 86.8 Å². The first kappa shape index (κ1) is 25.8. The minimum atomic E-state index is -0.552. The Morgan fingerprint density at radius 2 is 1.86 bits per heavy atom. The molecule has 3 heterocycles. The predicted molar refractivity (Wildman–Crippen MR) is 148 cm³/mol. The lowest BCUT2D eigenvalue weighted by Crippen LogP contribution is -2.40. The van der Waals surface area contributed by atoms with E-state index in [4.69, 9.17) is 16.3 Å². The summed E-state index contributed by atoms with van der Waals surface area (Å²) in [4.78, 5) is 31.1. The van der Waals surface area contributed by atoms with Gasteiger partial charge in [-0.2, -0.15) is 0 Å². The number of benzene rings is 2. The maximum atomic E-state index is 13.5. The fourth-order valence-electron chi connectivity index (χ4n) is 4.98. The van der Waals surface area contributed by atoms with Crippen molar-refractivity contribution in [3.63, 3.8) is 0 Å². The number of nitrogens with zero attached hydrogens (tertiary/aromatic N) is 2. The molecule has 37 heavy (non-hydrogen) atoms. The van der Waals surface area contributed by atoms with Gasteiger partial charge in [-0.15, -0.1) is 11.3 Å². The molecule has 0 aliphatic carbocycles. The second-order valence-corrected chi connectivity index (χ2v) is 12.0. The molecule has 0 saturated heterocycles. The minimum Gasteiger partial charge on any atom is -0.444 e. The third-order valence-electron chi connectivity index (χ3n) is 6.71. The molecular formula is C29H32ClN3O3S. The molecule has 2 aliphatic rings. The van der Waals surface area contributed by atoms with Gasteiger partial charge < -0.3 is 14.5 Å². The van der Waals surface area contributed by atoms with E-state index in [1.165, 1.54) is 11.1 Å².